The Bertz CT molecular complexity index is 486. The summed E-state index contributed by atoms with van der Waals surface area (Å²) in [6, 6.07) is 5.32. The molecule has 0 radical (unpaired) electrons. The maximum absolute atomic E-state index is 11.6. The number of likely N-dealkylation sites (tertiary alicyclic amines) is 1. The SMILES string of the molecule is NN(CCc1cccc[n+]1[O-])C1CCCCCN1C(=O)S. The van der Waals surface area contributed by atoms with Gasteiger partial charge in [0.25, 0.3) is 5.24 Å². The first-order valence-corrected chi connectivity index (χ1v) is 7.72. The number of hydrogen-bond donors (Lipinski definition) is 2. The van der Waals surface area contributed by atoms with Gasteiger partial charge in [-0.3, -0.25) is 10.6 Å². The molecule has 0 saturated carbocycles. The minimum atomic E-state index is -0.240. The maximum atomic E-state index is 11.6. The van der Waals surface area contributed by atoms with Gasteiger partial charge in [-0.25, -0.2) is 5.01 Å². The van der Waals surface area contributed by atoms with Crippen LogP contribution in [-0.4, -0.2) is 34.4 Å². The van der Waals surface area contributed by atoms with Crippen LogP contribution in [0, 0.1) is 5.21 Å². The predicted octanol–water partition coefficient (Wildman–Crippen LogP) is 1.29. The van der Waals surface area contributed by atoms with Gasteiger partial charge in [-0.05, 0) is 19.3 Å². The number of nitrogens with zero attached hydrogens (tertiary/aromatic N) is 3. The molecule has 116 valence electrons. The average Bonchev–Trinajstić information content (AvgIpc) is 2.72. The zero-order valence-electron chi connectivity index (χ0n) is 12.0. The number of carbonyl (C=O) groups is 1. The fourth-order valence-electron chi connectivity index (χ4n) is 2.71. The molecule has 6 nitrogen and oxygen atoms in total. The Morgan fingerprint density at radius 2 is 2.29 bits per heavy atom. The Morgan fingerprint density at radius 3 is 3.00 bits per heavy atom. The number of hydrazine groups is 1. The molecule has 1 unspecified atom stereocenters. The molecule has 1 atom stereocenters. The monoisotopic (exact) mass is 310 g/mol. The molecule has 0 bridgehead atoms. The molecule has 1 aromatic rings. The van der Waals surface area contributed by atoms with Gasteiger partial charge in [-0.15, -0.1) is 0 Å². The summed E-state index contributed by atoms with van der Waals surface area (Å²) in [5, 5.41) is 13.0. The van der Waals surface area contributed by atoms with Gasteiger partial charge in [0, 0.05) is 31.6 Å². The lowest BCUT2D eigenvalue weighted by molar-refractivity contribution is -0.614. The van der Waals surface area contributed by atoms with Crippen molar-refractivity contribution in [2.24, 2.45) is 5.84 Å². The van der Waals surface area contributed by atoms with Crippen molar-refractivity contribution in [1.82, 2.24) is 9.91 Å². The smallest absolute Gasteiger partial charge is 0.279 e. The van der Waals surface area contributed by atoms with E-state index in [-0.39, 0.29) is 11.4 Å². The van der Waals surface area contributed by atoms with Gasteiger partial charge in [0.05, 0.1) is 6.17 Å². The van der Waals surface area contributed by atoms with E-state index in [1.54, 1.807) is 22.0 Å². The summed E-state index contributed by atoms with van der Waals surface area (Å²) in [5.74, 6) is 6.14. The molecule has 0 spiro atoms. The van der Waals surface area contributed by atoms with Crippen LogP contribution in [0.4, 0.5) is 4.79 Å². The third-order valence-electron chi connectivity index (χ3n) is 3.88. The molecule has 21 heavy (non-hydrogen) atoms. The second kappa shape index (κ2) is 7.63. The third-order valence-corrected chi connectivity index (χ3v) is 4.14. The molecule has 0 aromatic carbocycles. The van der Waals surface area contributed by atoms with Gasteiger partial charge in [0.1, 0.15) is 0 Å². The van der Waals surface area contributed by atoms with Gasteiger partial charge in [0.15, 0.2) is 11.9 Å². The van der Waals surface area contributed by atoms with E-state index in [2.05, 4.69) is 12.6 Å². The molecule has 2 rings (SSSR count). The molecular formula is C14H22N4O2S. The van der Waals surface area contributed by atoms with Gasteiger partial charge in [-0.2, -0.15) is 4.73 Å². The first kappa shape index (κ1) is 16.1. The molecule has 1 aromatic heterocycles. The highest BCUT2D eigenvalue weighted by Gasteiger charge is 2.27. The average molecular weight is 310 g/mol. The normalized spacial score (nSPS) is 19.6. The number of amides is 1. The molecule has 1 aliphatic rings. The Hall–Kier alpha value is -1.31. The van der Waals surface area contributed by atoms with Crippen LogP contribution < -0.4 is 10.6 Å². The number of carbonyl (C=O) groups excluding carboxylic acids is 1. The van der Waals surface area contributed by atoms with Gasteiger partial charge in [-0.1, -0.05) is 25.1 Å². The van der Waals surface area contributed by atoms with Crippen LogP contribution >= 0.6 is 12.6 Å². The summed E-state index contributed by atoms with van der Waals surface area (Å²) in [7, 11) is 0. The highest BCUT2D eigenvalue weighted by atomic mass is 32.1. The van der Waals surface area contributed by atoms with Crippen LogP contribution in [-0.2, 0) is 6.42 Å². The van der Waals surface area contributed by atoms with Gasteiger partial charge in [0.2, 0.25) is 0 Å². The van der Waals surface area contributed by atoms with Gasteiger partial charge < -0.3 is 10.1 Å². The Labute approximate surface area is 130 Å². The van der Waals surface area contributed by atoms with E-state index in [1.165, 1.54) is 6.20 Å². The van der Waals surface area contributed by atoms with E-state index in [1.807, 2.05) is 6.07 Å². The van der Waals surface area contributed by atoms with Crippen LogP contribution in [0.1, 0.15) is 31.4 Å². The lowest BCUT2D eigenvalue weighted by atomic mass is 10.2. The Morgan fingerprint density at radius 1 is 1.48 bits per heavy atom. The van der Waals surface area contributed by atoms with E-state index >= 15 is 0 Å². The van der Waals surface area contributed by atoms with Crippen molar-refractivity contribution in [3.8, 4) is 0 Å². The fraction of sp³-hybridized carbons (Fsp3) is 0.571. The van der Waals surface area contributed by atoms with Crippen LogP contribution in [0.2, 0.25) is 0 Å². The van der Waals surface area contributed by atoms with E-state index < -0.39 is 0 Å². The first-order chi connectivity index (χ1) is 10.1. The molecule has 1 aliphatic heterocycles. The zero-order valence-corrected chi connectivity index (χ0v) is 12.9. The summed E-state index contributed by atoms with van der Waals surface area (Å²) >= 11 is 3.95. The van der Waals surface area contributed by atoms with Crippen molar-refractivity contribution in [3.05, 3.63) is 35.3 Å². The molecule has 2 heterocycles. The number of nitrogens with two attached hydrogens (primary N) is 1. The van der Waals surface area contributed by atoms with E-state index in [9.17, 15) is 10.0 Å². The standard InChI is InChI=1S/C14H22N4O2S/c15-17(11-8-12-6-3-5-10-18(12)20)13-7-2-1-4-9-16(13)14(19)21/h3,5-6,10,13H,1-2,4,7-9,11,15H2,(H,19,21). The summed E-state index contributed by atoms with van der Waals surface area (Å²) < 4.78 is 0.850. The van der Waals surface area contributed by atoms with Crippen molar-refractivity contribution >= 4 is 17.9 Å². The number of thiol groups is 1. The van der Waals surface area contributed by atoms with Crippen LogP contribution in [0.25, 0.3) is 0 Å². The van der Waals surface area contributed by atoms with Crippen molar-refractivity contribution in [1.29, 1.82) is 0 Å². The number of aromatic nitrogens is 1. The lowest BCUT2D eigenvalue weighted by Crippen LogP contribution is -2.53. The first-order valence-electron chi connectivity index (χ1n) is 7.27. The summed E-state index contributed by atoms with van der Waals surface area (Å²) in [6.07, 6.45) is 5.85. The van der Waals surface area contributed by atoms with Crippen molar-refractivity contribution in [2.75, 3.05) is 13.1 Å². The Balaban J connectivity index is 1.98. The fourth-order valence-corrected chi connectivity index (χ4v) is 2.94. The zero-order chi connectivity index (χ0) is 15.2. The third kappa shape index (κ3) is 4.33. The van der Waals surface area contributed by atoms with Crippen molar-refractivity contribution in [3.63, 3.8) is 0 Å². The minimum absolute atomic E-state index is 0.138. The summed E-state index contributed by atoms with van der Waals surface area (Å²) in [5.41, 5.74) is 0.672. The molecule has 1 saturated heterocycles. The molecule has 1 fully saturated rings. The molecular weight excluding hydrogens is 288 g/mol. The molecule has 2 N–H and O–H groups in total. The topological polar surface area (TPSA) is 76.5 Å². The van der Waals surface area contributed by atoms with Crippen LogP contribution in [0.15, 0.2) is 24.4 Å². The number of hydrogen-bond acceptors (Lipinski definition) is 4. The second-order valence-electron chi connectivity index (χ2n) is 5.31. The van der Waals surface area contributed by atoms with Crippen LogP contribution in [0.3, 0.4) is 0 Å². The van der Waals surface area contributed by atoms with Crippen molar-refractivity contribution in [2.45, 2.75) is 38.3 Å². The highest BCUT2D eigenvalue weighted by Crippen LogP contribution is 2.19. The maximum Gasteiger partial charge on any atom is 0.279 e. The second-order valence-corrected chi connectivity index (χ2v) is 5.69. The quantitative estimate of drug-likeness (QED) is 0.289. The molecule has 1 amide bonds. The number of rotatable bonds is 4. The summed E-state index contributed by atoms with van der Waals surface area (Å²) in [4.78, 5) is 13.4. The number of pyridine rings is 1. The van der Waals surface area contributed by atoms with Gasteiger partial charge >= 0.3 is 0 Å². The van der Waals surface area contributed by atoms with E-state index in [4.69, 9.17) is 5.84 Å². The van der Waals surface area contributed by atoms with E-state index in [0.717, 1.165) is 30.4 Å². The largest absolute Gasteiger partial charge is 0.619 e. The van der Waals surface area contributed by atoms with Crippen LogP contribution in [0.5, 0.6) is 0 Å². The lowest BCUT2D eigenvalue weighted by Gasteiger charge is -2.35. The predicted molar refractivity (Wildman–Crippen MR) is 83.3 cm³/mol. The molecule has 0 aliphatic carbocycles. The molecule has 7 heteroatoms. The minimum Gasteiger partial charge on any atom is -0.619 e. The summed E-state index contributed by atoms with van der Waals surface area (Å²) in [6.45, 7) is 1.21. The highest BCUT2D eigenvalue weighted by molar-refractivity contribution is 7.96. The van der Waals surface area contributed by atoms with Crippen molar-refractivity contribution < 1.29 is 9.52 Å². The Kier molecular flexibility index (Phi) is 5.84. The van der Waals surface area contributed by atoms with E-state index in [0.29, 0.717) is 25.2 Å².